The molecule has 1 fully saturated rings. The second kappa shape index (κ2) is 7.39. The summed E-state index contributed by atoms with van der Waals surface area (Å²) >= 11 is 0. The Morgan fingerprint density at radius 2 is 2.30 bits per heavy atom. The molecule has 0 aromatic carbocycles. The summed E-state index contributed by atoms with van der Waals surface area (Å²) in [6, 6.07) is 1.77. The Labute approximate surface area is 120 Å². The highest BCUT2D eigenvalue weighted by atomic mass is 16.5. The molecule has 2 rings (SSSR count). The first kappa shape index (κ1) is 15.0. The Bertz CT molecular complexity index is 439. The second-order valence-electron chi connectivity index (χ2n) is 5.53. The van der Waals surface area contributed by atoms with Gasteiger partial charge in [0.15, 0.2) is 5.78 Å². The number of hydrogen-bond donors (Lipinski definition) is 0. The van der Waals surface area contributed by atoms with Crippen LogP contribution in [0.1, 0.15) is 56.3 Å². The molecule has 1 aliphatic heterocycles. The molecule has 4 nitrogen and oxygen atoms in total. The number of nitrogens with zero attached hydrogens (tertiary/aromatic N) is 1. The van der Waals surface area contributed by atoms with Crippen molar-refractivity contribution < 1.29 is 14.3 Å². The lowest BCUT2D eigenvalue weighted by molar-refractivity contribution is 0.0104. The van der Waals surface area contributed by atoms with Crippen molar-refractivity contribution in [3.8, 4) is 5.75 Å². The normalized spacial score (nSPS) is 19.1. The van der Waals surface area contributed by atoms with Crippen LogP contribution in [0.25, 0.3) is 0 Å². The van der Waals surface area contributed by atoms with Crippen LogP contribution in [-0.2, 0) is 4.74 Å². The minimum absolute atomic E-state index is 0.0813. The van der Waals surface area contributed by atoms with Gasteiger partial charge in [-0.05, 0) is 45.6 Å². The third-order valence-electron chi connectivity index (χ3n) is 3.37. The lowest BCUT2D eigenvalue weighted by Crippen LogP contribution is -2.20. The molecule has 1 saturated heterocycles. The van der Waals surface area contributed by atoms with Gasteiger partial charge in [-0.1, -0.05) is 0 Å². The highest BCUT2D eigenvalue weighted by Gasteiger charge is 2.16. The fourth-order valence-electron chi connectivity index (χ4n) is 2.38. The van der Waals surface area contributed by atoms with Crippen LogP contribution in [-0.4, -0.2) is 29.6 Å². The number of carbonyl (C=O) groups is 1. The number of carbonyl (C=O) groups excluding carboxylic acids is 1. The molecule has 20 heavy (non-hydrogen) atoms. The summed E-state index contributed by atoms with van der Waals surface area (Å²) in [6.07, 6.45) is 8.31. The topological polar surface area (TPSA) is 48.4 Å². The summed E-state index contributed by atoms with van der Waals surface area (Å²) in [4.78, 5) is 16.3. The molecule has 1 aromatic rings. The predicted molar refractivity (Wildman–Crippen MR) is 77.2 cm³/mol. The van der Waals surface area contributed by atoms with E-state index in [9.17, 15) is 4.79 Å². The number of Topliss-reactive ketones (excluding diaryl/α,β-unsaturated/α-hetero) is 1. The van der Waals surface area contributed by atoms with Crippen LogP contribution in [0.5, 0.6) is 5.75 Å². The summed E-state index contributed by atoms with van der Waals surface area (Å²) in [7, 11) is 0. The van der Waals surface area contributed by atoms with E-state index in [1.54, 1.807) is 18.5 Å². The van der Waals surface area contributed by atoms with Crippen molar-refractivity contribution in [3.63, 3.8) is 0 Å². The molecule has 0 amide bonds. The summed E-state index contributed by atoms with van der Waals surface area (Å²) < 4.78 is 11.2. The number of pyridine rings is 1. The average molecular weight is 277 g/mol. The van der Waals surface area contributed by atoms with E-state index in [-0.39, 0.29) is 18.0 Å². The third kappa shape index (κ3) is 4.60. The standard InChI is InChI=1S/C16H23NO3/c1-12(2)20-15-9-13(10-17-11-15)16(18)7-6-14-5-3-4-8-19-14/h9-12,14H,3-8H2,1-2H3. The first-order valence-corrected chi connectivity index (χ1v) is 7.41. The lowest BCUT2D eigenvalue weighted by Gasteiger charge is -2.22. The molecule has 0 spiro atoms. The van der Waals surface area contributed by atoms with Gasteiger partial charge in [0.25, 0.3) is 0 Å². The maximum absolute atomic E-state index is 12.2. The zero-order chi connectivity index (χ0) is 14.4. The van der Waals surface area contributed by atoms with Gasteiger partial charge in [0, 0.05) is 24.8 Å². The van der Waals surface area contributed by atoms with E-state index in [0.717, 1.165) is 25.9 Å². The molecule has 4 heteroatoms. The minimum Gasteiger partial charge on any atom is -0.489 e. The van der Waals surface area contributed by atoms with E-state index in [1.165, 1.54) is 6.42 Å². The van der Waals surface area contributed by atoms with Crippen LogP contribution < -0.4 is 4.74 Å². The van der Waals surface area contributed by atoms with Crippen LogP contribution in [0.15, 0.2) is 18.5 Å². The molecular weight excluding hydrogens is 254 g/mol. The Balaban J connectivity index is 1.88. The van der Waals surface area contributed by atoms with Gasteiger partial charge in [0.1, 0.15) is 5.75 Å². The van der Waals surface area contributed by atoms with E-state index in [1.807, 2.05) is 13.8 Å². The molecule has 1 aliphatic rings. The van der Waals surface area contributed by atoms with Gasteiger partial charge >= 0.3 is 0 Å². The highest BCUT2D eigenvalue weighted by molar-refractivity contribution is 5.96. The van der Waals surface area contributed by atoms with Gasteiger partial charge in [-0.2, -0.15) is 0 Å². The molecule has 1 atom stereocenters. The summed E-state index contributed by atoms with van der Waals surface area (Å²) in [5, 5.41) is 0. The van der Waals surface area contributed by atoms with Crippen LogP contribution in [0.4, 0.5) is 0 Å². The van der Waals surface area contributed by atoms with Crippen molar-refractivity contribution in [3.05, 3.63) is 24.0 Å². The molecular formula is C16H23NO3. The molecule has 0 N–H and O–H groups in total. The lowest BCUT2D eigenvalue weighted by atomic mass is 10.0. The van der Waals surface area contributed by atoms with E-state index in [2.05, 4.69) is 4.98 Å². The maximum Gasteiger partial charge on any atom is 0.164 e. The molecule has 2 heterocycles. The zero-order valence-corrected chi connectivity index (χ0v) is 12.3. The van der Waals surface area contributed by atoms with E-state index >= 15 is 0 Å². The first-order chi connectivity index (χ1) is 9.65. The van der Waals surface area contributed by atoms with Gasteiger partial charge in [-0.3, -0.25) is 9.78 Å². The van der Waals surface area contributed by atoms with Crippen LogP contribution in [0.3, 0.4) is 0 Å². The third-order valence-corrected chi connectivity index (χ3v) is 3.37. The van der Waals surface area contributed by atoms with E-state index < -0.39 is 0 Å². The van der Waals surface area contributed by atoms with Gasteiger partial charge in [-0.25, -0.2) is 0 Å². The highest BCUT2D eigenvalue weighted by Crippen LogP contribution is 2.19. The van der Waals surface area contributed by atoms with Crippen molar-refractivity contribution in [1.29, 1.82) is 0 Å². The quantitative estimate of drug-likeness (QED) is 0.748. The Morgan fingerprint density at radius 3 is 3.00 bits per heavy atom. The molecule has 0 aliphatic carbocycles. The van der Waals surface area contributed by atoms with Crippen LogP contribution in [0.2, 0.25) is 0 Å². The van der Waals surface area contributed by atoms with Crippen LogP contribution >= 0.6 is 0 Å². The van der Waals surface area contributed by atoms with Gasteiger partial charge in [0.2, 0.25) is 0 Å². The molecule has 1 aromatic heterocycles. The smallest absolute Gasteiger partial charge is 0.164 e. The first-order valence-electron chi connectivity index (χ1n) is 7.41. The fraction of sp³-hybridized carbons (Fsp3) is 0.625. The summed E-state index contributed by atoms with van der Waals surface area (Å²) in [6.45, 7) is 4.74. The molecule has 0 bridgehead atoms. The Morgan fingerprint density at radius 1 is 1.45 bits per heavy atom. The van der Waals surface area contributed by atoms with Crippen LogP contribution in [0, 0.1) is 0 Å². The summed E-state index contributed by atoms with van der Waals surface area (Å²) in [5.41, 5.74) is 0.624. The van der Waals surface area contributed by atoms with E-state index in [0.29, 0.717) is 17.7 Å². The van der Waals surface area contributed by atoms with Gasteiger partial charge in [0.05, 0.1) is 18.4 Å². The Hall–Kier alpha value is -1.42. The van der Waals surface area contributed by atoms with Crippen molar-refractivity contribution in [1.82, 2.24) is 4.98 Å². The average Bonchev–Trinajstić information content (AvgIpc) is 2.45. The van der Waals surface area contributed by atoms with Gasteiger partial charge in [-0.15, -0.1) is 0 Å². The molecule has 110 valence electrons. The number of rotatable bonds is 6. The molecule has 0 radical (unpaired) electrons. The molecule has 1 unspecified atom stereocenters. The number of ether oxygens (including phenoxy) is 2. The minimum atomic E-state index is 0.0813. The summed E-state index contributed by atoms with van der Waals surface area (Å²) in [5.74, 6) is 0.764. The number of aromatic nitrogens is 1. The largest absolute Gasteiger partial charge is 0.489 e. The zero-order valence-electron chi connectivity index (χ0n) is 12.3. The SMILES string of the molecule is CC(C)Oc1cncc(C(=O)CCC2CCCCO2)c1. The van der Waals surface area contributed by atoms with Gasteiger partial charge < -0.3 is 9.47 Å². The molecule has 0 saturated carbocycles. The predicted octanol–water partition coefficient (Wildman–Crippen LogP) is 3.40. The van der Waals surface area contributed by atoms with Crippen molar-refractivity contribution in [2.24, 2.45) is 0 Å². The monoisotopic (exact) mass is 277 g/mol. The number of ketones is 1. The maximum atomic E-state index is 12.2. The van der Waals surface area contributed by atoms with Crippen molar-refractivity contribution >= 4 is 5.78 Å². The van der Waals surface area contributed by atoms with Crippen molar-refractivity contribution in [2.45, 2.75) is 58.2 Å². The van der Waals surface area contributed by atoms with Crippen molar-refractivity contribution in [2.75, 3.05) is 6.61 Å². The fourth-order valence-corrected chi connectivity index (χ4v) is 2.38. The van der Waals surface area contributed by atoms with E-state index in [4.69, 9.17) is 9.47 Å². The second-order valence-corrected chi connectivity index (χ2v) is 5.53. The Kier molecular flexibility index (Phi) is 5.53. The number of hydrogen-bond acceptors (Lipinski definition) is 4.